The highest BCUT2D eigenvalue weighted by molar-refractivity contribution is 9.10. The average molecular weight is 426 g/mol. The molecule has 0 bridgehead atoms. The number of rotatable bonds is 5. The first-order valence-electron chi connectivity index (χ1n) is 6.78. The lowest BCUT2D eigenvalue weighted by molar-refractivity contribution is 0.413. The van der Waals surface area contributed by atoms with Gasteiger partial charge in [-0.1, -0.05) is 28.1 Å². The van der Waals surface area contributed by atoms with Crippen molar-refractivity contribution in [2.75, 3.05) is 7.11 Å². The van der Waals surface area contributed by atoms with E-state index in [2.05, 4.69) is 20.9 Å². The highest BCUT2D eigenvalue weighted by atomic mass is 79.9. The van der Waals surface area contributed by atoms with Gasteiger partial charge in [-0.25, -0.2) is 4.98 Å². The van der Waals surface area contributed by atoms with Crippen LogP contribution in [0, 0.1) is 0 Å². The average Bonchev–Trinajstić information content (AvgIpc) is 3.07. The molecule has 0 aliphatic heterocycles. The minimum Gasteiger partial charge on any atom is -0.497 e. The highest BCUT2D eigenvalue weighted by Gasteiger charge is 2.21. The fourth-order valence-electron chi connectivity index (χ4n) is 1.90. The van der Waals surface area contributed by atoms with Gasteiger partial charge in [-0.2, -0.15) is 8.42 Å². The zero-order valence-corrected chi connectivity index (χ0v) is 15.7. The molecule has 2 aromatic carbocycles. The predicted octanol–water partition coefficient (Wildman–Crippen LogP) is 4.35. The van der Waals surface area contributed by atoms with Crippen molar-refractivity contribution in [2.45, 2.75) is 5.03 Å². The fourth-order valence-corrected chi connectivity index (χ4v) is 4.18. The molecule has 1 aromatic heterocycles. The Balaban J connectivity index is 1.83. The summed E-state index contributed by atoms with van der Waals surface area (Å²) in [6.07, 6.45) is 0. The molecule has 0 saturated carbocycles. The van der Waals surface area contributed by atoms with Crippen molar-refractivity contribution in [3.63, 3.8) is 0 Å². The van der Waals surface area contributed by atoms with Gasteiger partial charge >= 0.3 is 10.1 Å². The summed E-state index contributed by atoms with van der Waals surface area (Å²) in [5.74, 6) is 0.819. The van der Waals surface area contributed by atoms with Gasteiger partial charge < -0.3 is 8.92 Å². The molecule has 0 fully saturated rings. The van der Waals surface area contributed by atoms with E-state index in [-0.39, 0.29) is 10.8 Å². The lowest BCUT2D eigenvalue weighted by atomic mass is 10.2. The lowest BCUT2D eigenvalue weighted by Crippen LogP contribution is -2.10. The van der Waals surface area contributed by atoms with Crippen LogP contribution in [0.1, 0.15) is 0 Å². The molecule has 3 aromatic rings. The van der Waals surface area contributed by atoms with Crippen LogP contribution in [0.5, 0.6) is 11.5 Å². The summed E-state index contributed by atoms with van der Waals surface area (Å²) < 4.78 is 35.8. The number of hydrogen-bond donors (Lipinski definition) is 0. The predicted molar refractivity (Wildman–Crippen MR) is 96.1 cm³/mol. The smallest absolute Gasteiger partial charge is 0.357 e. The topological polar surface area (TPSA) is 65.5 Å². The Labute approximate surface area is 152 Å². The molecule has 24 heavy (non-hydrogen) atoms. The number of hydrogen-bond acceptors (Lipinski definition) is 6. The Bertz CT molecular complexity index is 935. The molecule has 1 heterocycles. The first kappa shape index (κ1) is 16.9. The van der Waals surface area contributed by atoms with Crippen molar-refractivity contribution in [1.82, 2.24) is 4.98 Å². The number of nitrogens with zero attached hydrogens (tertiary/aromatic N) is 1. The quantitative estimate of drug-likeness (QED) is 0.568. The Morgan fingerprint density at radius 2 is 1.62 bits per heavy atom. The van der Waals surface area contributed by atoms with Crippen molar-refractivity contribution in [2.24, 2.45) is 0 Å². The Kier molecular flexibility index (Phi) is 4.88. The van der Waals surface area contributed by atoms with Crippen LogP contribution in [-0.4, -0.2) is 20.5 Å². The normalized spacial score (nSPS) is 11.2. The summed E-state index contributed by atoms with van der Waals surface area (Å²) in [5.41, 5.74) is 0.842. The van der Waals surface area contributed by atoms with Crippen LogP contribution in [0.15, 0.2) is 63.4 Å². The maximum Gasteiger partial charge on any atom is 0.357 e. The van der Waals surface area contributed by atoms with Crippen LogP contribution in [0.2, 0.25) is 0 Å². The van der Waals surface area contributed by atoms with E-state index in [0.717, 1.165) is 10.0 Å². The third-order valence-electron chi connectivity index (χ3n) is 3.10. The molecule has 0 radical (unpaired) electrons. The van der Waals surface area contributed by atoms with Crippen LogP contribution in [-0.2, 0) is 10.1 Å². The maximum absolute atomic E-state index is 12.3. The Hall–Kier alpha value is -1.90. The summed E-state index contributed by atoms with van der Waals surface area (Å²) in [6, 6.07) is 13.8. The second-order valence-electron chi connectivity index (χ2n) is 4.71. The molecule has 3 rings (SSSR count). The van der Waals surface area contributed by atoms with Gasteiger partial charge in [0, 0.05) is 15.4 Å². The molecular formula is C16H12BrNO4S2. The summed E-state index contributed by atoms with van der Waals surface area (Å²) in [5, 5.41) is 1.97. The van der Waals surface area contributed by atoms with Crippen molar-refractivity contribution < 1.29 is 17.3 Å². The standard InChI is InChI=1S/C16H12BrNO4S2/c1-21-13-6-8-14(9-7-13)22-24(19,20)15-10-23-16(18-15)11-2-4-12(17)5-3-11/h2-10H,1H3. The molecule has 0 atom stereocenters. The monoisotopic (exact) mass is 425 g/mol. The minimum absolute atomic E-state index is 0.110. The van der Waals surface area contributed by atoms with E-state index < -0.39 is 10.1 Å². The molecule has 0 spiro atoms. The minimum atomic E-state index is -3.98. The molecule has 0 amide bonds. The molecular weight excluding hydrogens is 414 g/mol. The van der Waals surface area contributed by atoms with Gasteiger partial charge in [0.05, 0.1) is 7.11 Å². The lowest BCUT2D eigenvalue weighted by Gasteiger charge is -2.05. The van der Waals surface area contributed by atoms with Crippen LogP contribution < -0.4 is 8.92 Å². The van der Waals surface area contributed by atoms with Crippen LogP contribution in [0.4, 0.5) is 0 Å². The number of methoxy groups -OCH3 is 1. The van der Waals surface area contributed by atoms with Crippen LogP contribution >= 0.6 is 27.3 Å². The fraction of sp³-hybridized carbons (Fsp3) is 0.0625. The number of benzene rings is 2. The number of halogens is 1. The number of thiazole rings is 1. The molecule has 0 unspecified atom stereocenters. The van der Waals surface area contributed by atoms with Crippen LogP contribution in [0.3, 0.4) is 0 Å². The number of ether oxygens (including phenoxy) is 1. The van der Waals surface area contributed by atoms with Gasteiger partial charge in [0.2, 0.25) is 5.03 Å². The van der Waals surface area contributed by atoms with Crippen molar-refractivity contribution >= 4 is 37.4 Å². The van der Waals surface area contributed by atoms with E-state index in [0.29, 0.717) is 10.8 Å². The first-order valence-corrected chi connectivity index (χ1v) is 9.86. The third-order valence-corrected chi connectivity index (χ3v) is 5.80. The second kappa shape index (κ2) is 6.92. The van der Waals surface area contributed by atoms with E-state index in [1.54, 1.807) is 12.1 Å². The summed E-state index contributed by atoms with van der Waals surface area (Å²) in [7, 11) is -2.45. The molecule has 0 saturated heterocycles. The summed E-state index contributed by atoms with van der Waals surface area (Å²) in [4.78, 5) is 4.18. The summed E-state index contributed by atoms with van der Waals surface area (Å²) in [6.45, 7) is 0. The van der Waals surface area contributed by atoms with E-state index in [9.17, 15) is 8.42 Å². The van der Waals surface area contributed by atoms with Gasteiger partial charge in [0.15, 0.2) is 0 Å². The van der Waals surface area contributed by atoms with Crippen molar-refractivity contribution in [1.29, 1.82) is 0 Å². The van der Waals surface area contributed by atoms with Crippen molar-refractivity contribution in [3.8, 4) is 22.1 Å². The van der Waals surface area contributed by atoms with E-state index in [1.165, 1.54) is 36.0 Å². The van der Waals surface area contributed by atoms with Gasteiger partial charge in [-0.05, 0) is 36.4 Å². The molecule has 5 nitrogen and oxygen atoms in total. The Morgan fingerprint density at radius 3 is 2.25 bits per heavy atom. The highest BCUT2D eigenvalue weighted by Crippen LogP contribution is 2.28. The third kappa shape index (κ3) is 3.77. The Morgan fingerprint density at radius 1 is 1.00 bits per heavy atom. The van der Waals surface area contributed by atoms with Gasteiger partial charge in [-0.15, -0.1) is 11.3 Å². The van der Waals surface area contributed by atoms with E-state index in [1.807, 2.05) is 24.3 Å². The first-order chi connectivity index (χ1) is 11.5. The summed E-state index contributed by atoms with van der Waals surface area (Å²) >= 11 is 4.61. The molecule has 0 N–H and O–H groups in total. The second-order valence-corrected chi connectivity index (χ2v) is 7.98. The number of aromatic nitrogens is 1. The van der Waals surface area contributed by atoms with Gasteiger partial charge in [0.25, 0.3) is 0 Å². The largest absolute Gasteiger partial charge is 0.497 e. The van der Waals surface area contributed by atoms with E-state index in [4.69, 9.17) is 8.92 Å². The SMILES string of the molecule is COc1ccc(OS(=O)(=O)c2csc(-c3ccc(Br)cc3)n2)cc1. The van der Waals surface area contributed by atoms with Gasteiger partial charge in [0.1, 0.15) is 16.5 Å². The molecule has 8 heteroatoms. The molecule has 0 aliphatic rings. The zero-order chi connectivity index (χ0) is 17.2. The van der Waals surface area contributed by atoms with Gasteiger partial charge in [-0.3, -0.25) is 0 Å². The maximum atomic E-state index is 12.3. The van der Waals surface area contributed by atoms with Crippen molar-refractivity contribution in [3.05, 3.63) is 58.4 Å². The molecule has 124 valence electrons. The zero-order valence-electron chi connectivity index (χ0n) is 12.5. The van der Waals surface area contributed by atoms with E-state index >= 15 is 0 Å². The molecule has 0 aliphatic carbocycles. The van der Waals surface area contributed by atoms with Crippen LogP contribution in [0.25, 0.3) is 10.6 Å².